The monoisotopic (exact) mass is 306 g/mol. The third-order valence-electron chi connectivity index (χ3n) is 2.88. The lowest BCUT2D eigenvalue weighted by atomic mass is 10.2. The van der Waals surface area contributed by atoms with Crippen LogP contribution in [-0.2, 0) is 16.0 Å². The Morgan fingerprint density at radius 2 is 2.00 bits per heavy atom. The van der Waals surface area contributed by atoms with Crippen molar-refractivity contribution in [3.63, 3.8) is 0 Å². The molecule has 19 heavy (non-hydrogen) atoms. The Kier molecular flexibility index (Phi) is 7.64. The highest BCUT2D eigenvalue weighted by molar-refractivity contribution is 6.32. The van der Waals surface area contributed by atoms with Gasteiger partial charge < -0.3 is 9.47 Å². The largest absolute Gasteiger partial charge is 0.383 e. The standard InChI is InChI=1S/C13H20Cl2N2O2/c1-10(9-19-3)17(6-7-18-2)8-11-4-5-12(14)16-13(11)15/h4-5,10H,6-9H2,1-3H3. The predicted octanol–water partition coefficient (Wildman–Crippen LogP) is 2.87. The molecular formula is C13H20Cl2N2O2. The number of methoxy groups -OCH3 is 2. The second kappa shape index (κ2) is 8.72. The molecule has 1 rings (SSSR count). The lowest BCUT2D eigenvalue weighted by Gasteiger charge is -2.28. The summed E-state index contributed by atoms with van der Waals surface area (Å²) in [4.78, 5) is 6.29. The van der Waals surface area contributed by atoms with Gasteiger partial charge in [0.2, 0.25) is 0 Å². The van der Waals surface area contributed by atoms with E-state index in [-0.39, 0.29) is 6.04 Å². The second-order valence-electron chi connectivity index (χ2n) is 4.35. The summed E-state index contributed by atoms with van der Waals surface area (Å²) in [6.07, 6.45) is 0. The smallest absolute Gasteiger partial charge is 0.135 e. The summed E-state index contributed by atoms with van der Waals surface area (Å²) < 4.78 is 10.3. The summed E-state index contributed by atoms with van der Waals surface area (Å²) in [5, 5.41) is 0.849. The molecular weight excluding hydrogens is 287 g/mol. The maximum absolute atomic E-state index is 6.10. The zero-order valence-electron chi connectivity index (χ0n) is 11.5. The fourth-order valence-corrected chi connectivity index (χ4v) is 2.19. The lowest BCUT2D eigenvalue weighted by molar-refractivity contribution is 0.0705. The normalized spacial score (nSPS) is 12.9. The fourth-order valence-electron chi connectivity index (χ4n) is 1.79. The molecule has 1 aromatic heterocycles. The molecule has 0 N–H and O–H groups in total. The summed E-state index contributed by atoms with van der Waals surface area (Å²) in [6.45, 7) is 4.92. The molecule has 0 spiro atoms. The Morgan fingerprint density at radius 3 is 2.58 bits per heavy atom. The first-order valence-electron chi connectivity index (χ1n) is 6.11. The summed E-state index contributed by atoms with van der Waals surface area (Å²) in [7, 11) is 3.39. The van der Waals surface area contributed by atoms with E-state index >= 15 is 0 Å². The van der Waals surface area contributed by atoms with Gasteiger partial charge >= 0.3 is 0 Å². The second-order valence-corrected chi connectivity index (χ2v) is 5.10. The van der Waals surface area contributed by atoms with Crippen molar-refractivity contribution in [2.75, 3.05) is 34.0 Å². The highest BCUT2D eigenvalue weighted by atomic mass is 35.5. The van der Waals surface area contributed by atoms with E-state index in [9.17, 15) is 0 Å². The molecule has 1 atom stereocenters. The van der Waals surface area contributed by atoms with Crippen molar-refractivity contribution >= 4 is 23.2 Å². The first kappa shape index (κ1) is 16.7. The van der Waals surface area contributed by atoms with Crippen LogP contribution < -0.4 is 0 Å². The van der Waals surface area contributed by atoms with Crippen LogP contribution >= 0.6 is 23.2 Å². The number of hydrogen-bond donors (Lipinski definition) is 0. The Bertz CT molecular complexity index is 391. The van der Waals surface area contributed by atoms with Gasteiger partial charge in [-0.25, -0.2) is 4.98 Å². The lowest BCUT2D eigenvalue weighted by Crippen LogP contribution is -2.38. The Hall–Kier alpha value is -0.390. The Morgan fingerprint density at radius 1 is 1.26 bits per heavy atom. The van der Waals surface area contributed by atoms with E-state index in [1.165, 1.54) is 0 Å². The molecule has 0 bridgehead atoms. The molecule has 1 heterocycles. The van der Waals surface area contributed by atoms with Crippen molar-refractivity contribution in [1.29, 1.82) is 0 Å². The van der Waals surface area contributed by atoms with E-state index in [0.29, 0.717) is 30.1 Å². The van der Waals surface area contributed by atoms with Gasteiger partial charge in [0.15, 0.2) is 0 Å². The summed E-state index contributed by atoms with van der Waals surface area (Å²) in [5.74, 6) is 0. The molecule has 0 saturated carbocycles. The predicted molar refractivity (Wildman–Crippen MR) is 77.9 cm³/mol. The van der Waals surface area contributed by atoms with Crippen LogP contribution in [-0.4, -0.2) is 49.9 Å². The van der Waals surface area contributed by atoms with Crippen LogP contribution in [0, 0.1) is 0 Å². The zero-order chi connectivity index (χ0) is 14.3. The average Bonchev–Trinajstić information content (AvgIpc) is 2.37. The van der Waals surface area contributed by atoms with Gasteiger partial charge in [-0.05, 0) is 13.0 Å². The first-order chi connectivity index (χ1) is 9.08. The van der Waals surface area contributed by atoms with Crippen molar-refractivity contribution in [2.45, 2.75) is 19.5 Å². The maximum atomic E-state index is 6.10. The molecule has 0 saturated heterocycles. The fraction of sp³-hybridized carbons (Fsp3) is 0.615. The molecule has 4 nitrogen and oxygen atoms in total. The molecule has 0 aliphatic rings. The molecule has 0 amide bonds. The van der Waals surface area contributed by atoms with Crippen molar-refractivity contribution < 1.29 is 9.47 Å². The molecule has 0 aliphatic heterocycles. The number of hydrogen-bond acceptors (Lipinski definition) is 4. The first-order valence-corrected chi connectivity index (χ1v) is 6.87. The van der Waals surface area contributed by atoms with Crippen LogP contribution in [0.3, 0.4) is 0 Å². The van der Waals surface area contributed by atoms with Crippen LogP contribution in [0.2, 0.25) is 10.3 Å². The maximum Gasteiger partial charge on any atom is 0.135 e. The van der Waals surface area contributed by atoms with Crippen LogP contribution in [0.1, 0.15) is 12.5 Å². The van der Waals surface area contributed by atoms with Gasteiger partial charge in [0.25, 0.3) is 0 Å². The number of ether oxygens (including phenoxy) is 2. The third-order valence-corrected chi connectivity index (χ3v) is 3.42. The van der Waals surface area contributed by atoms with Crippen molar-refractivity contribution in [3.8, 4) is 0 Å². The number of nitrogens with zero attached hydrogens (tertiary/aromatic N) is 2. The molecule has 108 valence electrons. The zero-order valence-corrected chi connectivity index (χ0v) is 13.0. The summed E-state index contributed by atoms with van der Waals surface area (Å²) >= 11 is 11.9. The third kappa shape index (κ3) is 5.63. The molecule has 0 fully saturated rings. The number of pyridine rings is 1. The highest BCUT2D eigenvalue weighted by Crippen LogP contribution is 2.19. The van der Waals surface area contributed by atoms with Crippen LogP contribution in [0.25, 0.3) is 0 Å². The van der Waals surface area contributed by atoms with Gasteiger partial charge in [-0.2, -0.15) is 0 Å². The molecule has 0 radical (unpaired) electrons. The molecule has 6 heteroatoms. The molecule has 0 aliphatic carbocycles. The van der Waals surface area contributed by atoms with Gasteiger partial charge in [0.1, 0.15) is 10.3 Å². The van der Waals surface area contributed by atoms with E-state index in [4.69, 9.17) is 32.7 Å². The van der Waals surface area contributed by atoms with Gasteiger partial charge in [0, 0.05) is 38.9 Å². The highest BCUT2D eigenvalue weighted by Gasteiger charge is 2.16. The molecule has 1 unspecified atom stereocenters. The van der Waals surface area contributed by atoms with E-state index in [2.05, 4.69) is 16.8 Å². The van der Waals surface area contributed by atoms with Gasteiger partial charge in [-0.1, -0.05) is 29.3 Å². The minimum Gasteiger partial charge on any atom is -0.383 e. The Balaban J connectivity index is 2.74. The van der Waals surface area contributed by atoms with Crippen LogP contribution in [0.5, 0.6) is 0 Å². The number of aromatic nitrogens is 1. The van der Waals surface area contributed by atoms with Gasteiger partial charge in [-0.3, -0.25) is 4.90 Å². The van der Waals surface area contributed by atoms with Gasteiger partial charge in [-0.15, -0.1) is 0 Å². The Labute approximate surface area is 124 Å². The van der Waals surface area contributed by atoms with E-state index < -0.39 is 0 Å². The topological polar surface area (TPSA) is 34.6 Å². The van der Waals surface area contributed by atoms with Crippen molar-refractivity contribution in [1.82, 2.24) is 9.88 Å². The van der Waals surface area contributed by atoms with E-state index in [0.717, 1.165) is 12.1 Å². The van der Waals surface area contributed by atoms with Crippen molar-refractivity contribution in [2.24, 2.45) is 0 Å². The van der Waals surface area contributed by atoms with Gasteiger partial charge in [0.05, 0.1) is 13.2 Å². The summed E-state index contributed by atoms with van der Waals surface area (Å²) in [6, 6.07) is 3.92. The quantitative estimate of drug-likeness (QED) is 0.692. The average molecular weight is 307 g/mol. The molecule has 0 aromatic carbocycles. The number of rotatable bonds is 8. The SMILES string of the molecule is COCCN(Cc1ccc(Cl)nc1Cl)C(C)COC. The van der Waals surface area contributed by atoms with E-state index in [1.54, 1.807) is 20.3 Å². The molecule has 1 aromatic rings. The number of halogens is 2. The minimum atomic E-state index is 0.270. The van der Waals surface area contributed by atoms with E-state index in [1.807, 2.05) is 6.07 Å². The van der Waals surface area contributed by atoms with Crippen molar-refractivity contribution in [3.05, 3.63) is 28.0 Å². The minimum absolute atomic E-state index is 0.270. The van der Waals surface area contributed by atoms with Crippen LogP contribution in [0.4, 0.5) is 0 Å². The summed E-state index contributed by atoms with van der Waals surface area (Å²) in [5.41, 5.74) is 0.949. The van der Waals surface area contributed by atoms with Crippen LogP contribution in [0.15, 0.2) is 12.1 Å².